The lowest BCUT2D eigenvalue weighted by atomic mass is 9.87. The van der Waals surface area contributed by atoms with Gasteiger partial charge in [0.1, 0.15) is 11.5 Å². The van der Waals surface area contributed by atoms with Crippen LogP contribution in [0.2, 0.25) is 0 Å². The number of halogens is 1. The van der Waals surface area contributed by atoms with Crippen LogP contribution in [-0.2, 0) is 4.79 Å². The Morgan fingerprint density at radius 1 is 1.32 bits per heavy atom. The van der Waals surface area contributed by atoms with E-state index in [-0.39, 0.29) is 5.91 Å². The van der Waals surface area contributed by atoms with Crippen molar-refractivity contribution in [3.8, 4) is 12.1 Å². The van der Waals surface area contributed by atoms with Crippen molar-refractivity contribution >= 4 is 27.5 Å². The Kier molecular flexibility index (Phi) is 3.87. The van der Waals surface area contributed by atoms with Gasteiger partial charge in [0.2, 0.25) is 5.91 Å². The van der Waals surface area contributed by atoms with E-state index >= 15 is 0 Å². The number of amides is 1. The first-order valence-electron chi connectivity index (χ1n) is 6.04. The van der Waals surface area contributed by atoms with E-state index < -0.39 is 5.41 Å². The van der Waals surface area contributed by atoms with Crippen molar-refractivity contribution in [3.05, 3.63) is 28.2 Å². The zero-order valence-corrected chi connectivity index (χ0v) is 11.8. The van der Waals surface area contributed by atoms with Crippen LogP contribution in [0.25, 0.3) is 0 Å². The van der Waals surface area contributed by atoms with E-state index in [9.17, 15) is 10.1 Å². The molecule has 5 heteroatoms. The average molecular weight is 318 g/mol. The summed E-state index contributed by atoms with van der Waals surface area (Å²) in [6.07, 6.45) is 2.97. The minimum Gasteiger partial charge on any atom is -0.324 e. The highest BCUT2D eigenvalue weighted by molar-refractivity contribution is 9.10. The summed E-state index contributed by atoms with van der Waals surface area (Å²) in [6, 6.07) is 9.24. The standard InChI is InChI=1S/C14H12BrN3O/c15-11-3-4-12(10(7-11)8-16)18-13(19)14(9-17)5-1-2-6-14/h3-4,7H,1-2,5-6H2,(H,18,19). The molecule has 0 aliphatic heterocycles. The SMILES string of the molecule is N#Cc1cc(Br)ccc1NC(=O)C1(C#N)CCCC1. The second-order valence-electron chi connectivity index (χ2n) is 4.66. The average Bonchev–Trinajstić information content (AvgIpc) is 2.90. The van der Waals surface area contributed by atoms with Crippen molar-refractivity contribution in [2.24, 2.45) is 5.41 Å². The molecule has 4 nitrogen and oxygen atoms in total. The Morgan fingerprint density at radius 3 is 2.58 bits per heavy atom. The molecule has 1 fully saturated rings. The molecule has 0 unspecified atom stereocenters. The molecule has 19 heavy (non-hydrogen) atoms. The Bertz CT molecular complexity index is 592. The molecule has 1 aliphatic rings. The van der Waals surface area contributed by atoms with Crippen molar-refractivity contribution < 1.29 is 4.79 Å². The fourth-order valence-corrected chi connectivity index (χ4v) is 2.69. The van der Waals surface area contributed by atoms with E-state index in [0.29, 0.717) is 24.1 Å². The summed E-state index contributed by atoms with van der Waals surface area (Å²) in [6.45, 7) is 0. The third-order valence-electron chi connectivity index (χ3n) is 3.46. The van der Waals surface area contributed by atoms with Crippen LogP contribution < -0.4 is 5.32 Å². The van der Waals surface area contributed by atoms with Gasteiger partial charge in [-0.05, 0) is 31.0 Å². The minimum atomic E-state index is -0.931. The molecule has 1 aliphatic carbocycles. The molecule has 2 rings (SSSR count). The third kappa shape index (κ3) is 2.62. The van der Waals surface area contributed by atoms with Gasteiger partial charge < -0.3 is 5.32 Å². The maximum atomic E-state index is 12.3. The summed E-state index contributed by atoms with van der Waals surface area (Å²) in [5.74, 6) is -0.300. The molecule has 1 aromatic carbocycles. The molecule has 1 aromatic rings. The lowest BCUT2D eigenvalue weighted by molar-refractivity contribution is -0.122. The second kappa shape index (κ2) is 5.42. The Morgan fingerprint density at radius 2 is 2.00 bits per heavy atom. The molecule has 0 spiro atoms. The normalized spacial score (nSPS) is 16.4. The van der Waals surface area contributed by atoms with Crippen LogP contribution in [-0.4, -0.2) is 5.91 Å². The van der Waals surface area contributed by atoms with Crippen molar-refractivity contribution in [1.82, 2.24) is 0 Å². The lowest BCUT2D eigenvalue weighted by Crippen LogP contribution is -2.32. The highest BCUT2D eigenvalue weighted by atomic mass is 79.9. The molecule has 0 saturated heterocycles. The summed E-state index contributed by atoms with van der Waals surface area (Å²) in [7, 11) is 0. The molecule has 1 N–H and O–H groups in total. The summed E-state index contributed by atoms with van der Waals surface area (Å²) < 4.78 is 0.776. The van der Waals surface area contributed by atoms with Gasteiger partial charge >= 0.3 is 0 Å². The van der Waals surface area contributed by atoms with Crippen molar-refractivity contribution in [2.75, 3.05) is 5.32 Å². The van der Waals surface area contributed by atoms with Crippen LogP contribution >= 0.6 is 15.9 Å². The van der Waals surface area contributed by atoms with Gasteiger partial charge in [-0.1, -0.05) is 28.8 Å². The van der Waals surface area contributed by atoms with Crippen LogP contribution in [0.3, 0.4) is 0 Å². The van der Waals surface area contributed by atoms with E-state index in [1.54, 1.807) is 18.2 Å². The Labute approximate surface area is 120 Å². The summed E-state index contributed by atoms with van der Waals surface area (Å²) >= 11 is 3.28. The topological polar surface area (TPSA) is 76.7 Å². The number of benzene rings is 1. The molecule has 1 amide bonds. The maximum Gasteiger partial charge on any atom is 0.244 e. The molecule has 0 aromatic heterocycles. The highest BCUT2D eigenvalue weighted by Gasteiger charge is 2.41. The molecular formula is C14H12BrN3O. The fourth-order valence-electron chi connectivity index (χ4n) is 2.33. The summed E-state index contributed by atoms with van der Waals surface area (Å²) in [5.41, 5.74) is -0.0918. The van der Waals surface area contributed by atoms with Gasteiger partial charge in [-0.15, -0.1) is 0 Å². The lowest BCUT2D eigenvalue weighted by Gasteiger charge is -2.19. The van der Waals surface area contributed by atoms with Crippen LogP contribution in [0.1, 0.15) is 31.2 Å². The highest BCUT2D eigenvalue weighted by Crippen LogP contribution is 2.38. The molecule has 0 heterocycles. The van der Waals surface area contributed by atoms with E-state index in [4.69, 9.17) is 5.26 Å². The van der Waals surface area contributed by atoms with Crippen molar-refractivity contribution in [1.29, 1.82) is 10.5 Å². The second-order valence-corrected chi connectivity index (χ2v) is 5.57. The minimum absolute atomic E-state index is 0.300. The van der Waals surface area contributed by atoms with E-state index in [1.807, 2.05) is 6.07 Å². The van der Waals surface area contributed by atoms with Crippen molar-refractivity contribution in [3.63, 3.8) is 0 Å². The van der Waals surface area contributed by atoms with Gasteiger partial charge in [0.05, 0.1) is 17.3 Å². The predicted molar refractivity (Wildman–Crippen MR) is 74.0 cm³/mol. The van der Waals surface area contributed by atoms with Gasteiger partial charge in [0.25, 0.3) is 0 Å². The van der Waals surface area contributed by atoms with Gasteiger partial charge in [-0.3, -0.25) is 4.79 Å². The molecule has 0 radical (unpaired) electrons. The number of hydrogen-bond acceptors (Lipinski definition) is 3. The number of carbonyl (C=O) groups excluding carboxylic acids is 1. The quantitative estimate of drug-likeness (QED) is 0.908. The monoisotopic (exact) mass is 317 g/mol. The first kappa shape index (κ1) is 13.6. The van der Waals surface area contributed by atoms with Crippen molar-refractivity contribution in [2.45, 2.75) is 25.7 Å². The molecule has 0 bridgehead atoms. The molecule has 1 saturated carbocycles. The van der Waals surface area contributed by atoms with Gasteiger partial charge in [-0.25, -0.2) is 0 Å². The van der Waals surface area contributed by atoms with Gasteiger partial charge in [0, 0.05) is 4.47 Å². The van der Waals surface area contributed by atoms with Crippen LogP contribution in [0, 0.1) is 28.1 Å². The summed E-state index contributed by atoms with van der Waals surface area (Å²) in [4.78, 5) is 12.3. The maximum absolute atomic E-state index is 12.3. The molecule has 96 valence electrons. The van der Waals surface area contributed by atoms with Crippen LogP contribution in [0.4, 0.5) is 5.69 Å². The number of hydrogen-bond donors (Lipinski definition) is 1. The number of nitrogens with zero attached hydrogens (tertiary/aromatic N) is 2. The van der Waals surface area contributed by atoms with E-state index in [2.05, 4.69) is 27.3 Å². The van der Waals surface area contributed by atoms with Crippen LogP contribution in [0.15, 0.2) is 22.7 Å². The smallest absolute Gasteiger partial charge is 0.244 e. The fraction of sp³-hybridized carbons (Fsp3) is 0.357. The number of rotatable bonds is 2. The Balaban J connectivity index is 2.25. The van der Waals surface area contributed by atoms with Gasteiger partial charge in [-0.2, -0.15) is 10.5 Å². The first-order valence-corrected chi connectivity index (χ1v) is 6.83. The van der Waals surface area contributed by atoms with Gasteiger partial charge in [0.15, 0.2) is 0 Å². The Hall–Kier alpha value is -1.85. The zero-order chi connectivity index (χ0) is 13.9. The number of carbonyl (C=O) groups is 1. The predicted octanol–water partition coefficient (Wildman–Crippen LogP) is 3.34. The van der Waals surface area contributed by atoms with E-state index in [0.717, 1.165) is 17.3 Å². The molecular weight excluding hydrogens is 306 g/mol. The molecule has 0 atom stereocenters. The van der Waals surface area contributed by atoms with Crippen LogP contribution in [0.5, 0.6) is 0 Å². The number of nitriles is 2. The third-order valence-corrected chi connectivity index (χ3v) is 3.95. The summed E-state index contributed by atoms with van der Waals surface area (Å²) in [5, 5.41) is 21.0. The first-order chi connectivity index (χ1) is 9.11. The number of nitrogens with one attached hydrogen (secondary N) is 1. The van der Waals surface area contributed by atoms with E-state index in [1.165, 1.54) is 0 Å². The largest absolute Gasteiger partial charge is 0.324 e. The zero-order valence-electron chi connectivity index (χ0n) is 10.2. The number of anilines is 1.